The molecule has 1 saturated heterocycles. The molecule has 6 nitrogen and oxygen atoms in total. The zero-order valence-corrected chi connectivity index (χ0v) is 19.6. The zero-order chi connectivity index (χ0) is 25.7. The highest BCUT2D eigenvalue weighted by atomic mass is 19.1. The Morgan fingerprint density at radius 2 is 1.78 bits per heavy atom. The minimum atomic E-state index is -0.632. The molecule has 0 saturated carbocycles. The number of methoxy groups -OCH3 is 1. The van der Waals surface area contributed by atoms with E-state index >= 15 is 0 Å². The summed E-state index contributed by atoms with van der Waals surface area (Å²) in [5.41, 5.74) is 2.42. The van der Waals surface area contributed by atoms with Gasteiger partial charge in [0, 0.05) is 11.1 Å². The Bertz CT molecular complexity index is 1340. The molecular formula is C28H24F2N2O4. The summed E-state index contributed by atoms with van der Waals surface area (Å²) in [6.07, 6.45) is 3.68. The summed E-state index contributed by atoms with van der Waals surface area (Å²) in [6, 6.07) is 14.8. The average Bonchev–Trinajstić information content (AvgIpc) is 3.12. The van der Waals surface area contributed by atoms with Gasteiger partial charge in [-0.2, -0.15) is 0 Å². The number of hydrogen-bond donors (Lipinski definition) is 1. The fourth-order valence-electron chi connectivity index (χ4n) is 3.80. The van der Waals surface area contributed by atoms with E-state index in [1.54, 1.807) is 36.4 Å². The van der Waals surface area contributed by atoms with Crippen LogP contribution in [0.2, 0.25) is 0 Å². The second-order valence-electron chi connectivity index (χ2n) is 8.09. The van der Waals surface area contributed by atoms with Crippen molar-refractivity contribution in [1.29, 1.82) is 0 Å². The van der Waals surface area contributed by atoms with Crippen molar-refractivity contribution in [3.05, 3.63) is 113 Å². The molecular weight excluding hydrogens is 466 g/mol. The minimum Gasteiger partial charge on any atom is -0.493 e. The lowest BCUT2D eigenvalue weighted by molar-refractivity contribution is -0.123. The highest BCUT2D eigenvalue weighted by Gasteiger charge is 2.34. The number of hydrogen-bond acceptors (Lipinski definition) is 4. The molecule has 4 rings (SSSR count). The van der Waals surface area contributed by atoms with Crippen molar-refractivity contribution in [2.45, 2.75) is 19.6 Å². The van der Waals surface area contributed by atoms with E-state index < -0.39 is 17.8 Å². The Labute approximate surface area is 207 Å². The molecule has 1 heterocycles. The maximum absolute atomic E-state index is 14.0. The molecule has 1 N–H and O–H groups in total. The summed E-state index contributed by atoms with van der Waals surface area (Å²) in [5, 5.41) is 2.55. The van der Waals surface area contributed by atoms with Gasteiger partial charge < -0.3 is 14.8 Å². The number of nitrogens with zero attached hydrogens (tertiary/aromatic N) is 1. The second-order valence-corrected chi connectivity index (χ2v) is 8.09. The van der Waals surface area contributed by atoms with E-state index in [-0.39, 0.29) is 30.2 Å². The number of carbonyl (C=O) groups excluding carboxylic acids is 2. The summed E-state index contributed by atoms with van der Waals surface area (Å²) in [7, 11) is 1.49. The smallest absolute Gasteiger partial charge is 0.329 e. The van der Waals surface area contributed by atoms with E-state index in [0.717, 1.165) is 16.0 Å². The van der Waals surface area contributed by atoms with Gasteiger partial charge >= 0.3 is 6.03 Å². The van der Waals surface area contributed by atoms with Gasteiger partial charge in [-0.05, 0) is 54.0 Å². The number of carbonyl (C=O) groups is 2. The number of ether oxygens (including phenoxy) is 2. The summed E-state index contributed by atoms with van der Waals surface area (Å²) in [6.45, 7) is 3.80. The van der Waals surface area contributed by atoms with Gasteiger partial charge in [-0.25, -0.2) is 13.6 Å². The van der Waals surface area contributed by atoms with Crippen LogP contribution in [-0.4, -0.2) is 23.9 Å². The first-order valence-electron chi connectivity index (χ1n) is 11.2. The highest BCUT2D eigenvalue weighted by molar-refractivity contribution is 6.13. The van der Waals surface area contributed by atoms with E-state index in [4.69, 9.17) is 9.47 Å². The lowest BCUT2D eigenvalue weighted by Gasteiger charge is -2.16. The van der Waals surface area contributed by atoms with Crippen molar-refractivity contribution in [2.24, 2.45) is 0 Å². The molecule has 1 aliphatic rings. The van der Waals surface area contributed by atoms with Gasteiger partial charge in [-0.1, -0.05) is 36.4 Å². The molecule has 0 aliphatic carbocycles. The van der Waals surface area contributed by atoms with Gasteiger partial charge in [-0.3, -0.25) is 9.69 Å². The third kappa shape index (κ3) is 5.43. The monoisotopic (exact) mass is 490 g/mol. The first-order chi connectivity index (χ1) is 17.4. The van der Waals surface area contributed by atoms with Crippen LogP contribution >= 0.6 is 0 Å². The molecule has 0 radical (unpaired) electrons. The van der Waals surface area contributed by atoms with Crippen LogP contribution in [-0.2, 0) is 24.4 Å². The van der Waals surface area contributed by atoms with Gasteiger partial charge in [0.25, 0.3) is 5.91 Å². The number of imide groups is 1. The zero-order valence-electron chi connectivity index (χ0n) is 19.6. The Kier molecular flexibility index (Phi) is 7.44. The largest absolute Gasteiger partial charge is 0.493 e. The van der Waals surface area contributed by atoms with Gasteiger partial charge in [0.2, 0.25) is 0 Å². The maximum atomic E-state index is 14.0. The van der Waals surface area contributed by atoms with E-state index in [1.165, 1.54) is 43.5 Å². The first kappa shape index (κ1) is 24.7. The summed E-state index contributed by atoms with van der Waals surface area (Å²) >= 11 is 0. The lowest BCUT2D eigenvalue weighted by Crippen LogP contribution is -2.30. The van der Waals surface area contributed by atoms with Crippen LogP contribution in [0.4, 0.5) is 13.6 Å². The molecule has 184 valence electrons. The highest BCUT2D eigenvalue weighted by Crippen LogP contribution is 2.35. The van der Waals surface area contributed by atoms with Gasteiger partial charge in [0.05, 0.1) is 13.7 Å². The normalized spacial score (nSPS) is 14.2. The number of benzene rings is 3. The van der Waals surface area contributed by atoms with E-state index in [0.29, 0.717) is 23.5 Å². The number of allylic oxidation sites excluding steroid dienone is 1. The quantitative estimate of drug-likeness (QED) is 0.249. The lowest BCUT2D eigenvalue weighted by atomic mass is 10.0. The van der Waals surface area contributed by atoms with Crippen LogP contribution in [0, 0.1) is 11.6 Å². The predicted molar refractivity (Wildman–Crippen MR) is 131 cm³/mol. The first-order valence-corrected chi connectivity index (χ1v) is 11.2. The molecule has 0 aromatic heterocycles. The van der Waals surface area contributed by atoms with Crippen molar-refractivity contribution < 1.29 is 27.8 Å². The minimum absolute atomic E-state index is 0.0583. The van der Waals surface area contributed by atoms with Crippen molar-refractivity contribution in [3.8, 4) is 11.5 Å². The molecule has 3 amide bonds. The van der Waals surface area contributed by atoms with Crippen molar-refractivity contribution in [1.82, 2.24) is 10.2 Å². The molecule has 36 heavy (non-hydrogen) atoms. The Hall–Kier alpha value is -4.46. The second kappa shape index (κ2) is 10.9. The van der Waals surface area contributed by atoms with Crippen molar-refractivity contribution in [2.75, 3.05) is 7.11 Å². The number of rotatable bonds is 9. The molecule has 1 fully saturated rings. The van der Waals surface area contributed by atoms with Crippen LogP contribution < -0.4 is 14.8 Å². The Morgan fingerprint density at radius 1 is 1.03 bits per heavy atom. The number of nitrogens with one attached hydrogen (secondary N) is 1. The van der Waals surface area contributed by atoms with Gasteiger partial charge in [-0.15, -0.1) is 6.58 Å². The standard InChI is InChI=1S/C28H24F2N2O4/c1-3-6-20-13-19(15-25(35-2)26(20)36-17-18-9-11-22(29)12-10-18)14-24-27(33)32(28(34)31-24)16-21-7-4-5-8-23(21)30/h3-5,7-15H,1,6,16-17H2,2H3,(H,31,34)/b24-14+. The average molecular weight is 491 g/mol. The van der Waals surface area contributed by atoms with Crippen LogP contribution in [0.25, 0.3) is 6.08 Å². The Balaban J connectivity index is 1.59. The van der Waals surface area contributed by atoms with Crippen molar-refractivity contribution in [3.63, 3.8) is 0 Å². The van der Waals surface area contributed by atoms with Gasteiger partial charge in [0.1, 0.15) is 23.9 Å². The molecule has 8 heteroatoms. The molecule has 0 unspecified atom stereocenters. The fourth-order valence-corrected chi connectivity index (χ4v) is 3.80. The van der Waals surface area contributed by atoms with Gasteiger partial charge in [0.15, 0.2) is 11.5 Å². The third-order valence-corrected chi connectivity index (χ3v) is 5.59. The number of halogens is 2. The molecule has 1 aliphatic heterocycles. The van der Waals surface area contributed by atoms with Crippen molar-refractivity contribution >= 4 is 18.0 Å². The molecule has 0 atom stereocenters. The summed E-state index contributed by atoms with van der Waals surface area (Å²) in [4.78, 5) is 26.3. The van der Waals surface area contributed by atoms with E-state index in [2.05, 4.69) is 11.9 Å². The maximum Gasteiger partial charge on any atom is 0.329 e. The van der Waals surface area contributed by atoms with Crippen LogP contribution in [0.3, 0.4) is 0 Å². The number of urea groups is 1. The van der Waals surface area contributed by atoms with Crippen LogP contribution in [0.15, 0.2) is 79.0 Å². The van der Waals surface area contributed by atoms with Crippen LogP contribution in [0.1, 0.15) is 22.3 Å². The Morgan fingerprint density at radius 3 is 2.47 bits per heavy atom. The topological polar surface area (TPSA) is 67.9 Å². The third-order valence-electron chi connectivity index (χ3n) is 5.59. The molecule has 3 aromatic carbocycles. The van der Waals surface area contributed by atoms with Crippen LogP contribution in [0.5, 0.6) is 11.5 Å². The molecule has 3 aromatic rings. The predicted octanol–water partition coefficient (Wildman–Crippen LogP) is 5.37. The molecule has 0 bridgehead atoms. The fraction of sp³-hybridized carbons (Fsp3) is 0.143. The molecule has 0 spiro atoms. The number of amides is 3. The SMILES string of the molecule is C=CCc1cc(/C=C2/NC(=O)N(Cc3ccccc3F)C2=O)cc(OC)c1OCc1ccc(F)cc1. The van der Waals surface area contributed by atoms with E-state index in [1.807, 2.05) is 0 Å². The van der Waals surface area contributed by atoms with E-state index in [9.17, 15) is 18.4 Å². The summed E-state index contributed by atoms with van der Waals surface area (Å²) < 4.78 is 38.8. The summed E-state index contributed by atoms with van der Waals surface area (Å²) in [5.74, 6) is -0.480.